The first-order valence-electron chi connectivity index (χ1n) is 7.18. The van der Waals surface area contributed by atoms with Crippen molar-refractivity contribution in [2.75, 3.05) is 42.3 Å². The molecule has 0 unspecified atom stereocenters. The number of morpholine rings is 1. The molecule has 1 aliphatic heterocycles. The van der Waals surface area contributed by atoms with Gasteiger partial charge in [-0.05, 0) is 24.3 Å². The first kappa shape index (κ1) is 14.3. The van der Waals surface area contributed by atoms with Gasteiger partial charge in [0.05, 0.1) is 30.7 Å². The Morgan fingerprint density at radius 1 is 1.18 bits per heavy atom. The minimum atomic E-state index is -0.237. The molecular weight excluding hydrogens is 280 g/mol. The van der Waals surface area contributed by atoms with Gasteiger partial charge in [0.25, 0.3) is 5.91 Å². The van der Waals surface area contributed by atoms with Crippen molar-refractivity contribution in [3.05, 3.63) is 48.2 Å². The molecule has 1 aliphatic rings. The van der Waals surface area contributed by atoms with E-state index in [2.05, 4.69) is 15.2 Å². The molecule has 114 valence electrons. The van der Waals surface area contributed by atoms with Crippen molar-refractivity contribution in [3.8, 4) is 0 Å². The maximum absolute atomic E-state index is 12.2. The fourth-order valence-corrected chi connectivity index (χ4v) is 2.34. The van der Waals surface area contributed by atoms with Crippen LogP contribution in [-0.2, 0) is 4.74 Å². The summed E-state index contributed by atoms with van der Waals surface area (Å²) in [5.74, 6) is 0.652. The van der Waals surface area contributed by atoms with Crippen molar-refractivity contribution < 1.29 is 9.53 Å². The maximum atomic E-state index is 12.2. The Morgan fingerprint density at radius 3 is 2.64 bits per heavy atom. The van der Waals surface area contributed by atoms with Crippen LogP contribution in [0.15, 0.2) is 42.6 Å². The number of carbonyl (C=O) groups is 1. The molecule has 0 atom stereocenters. The molecule has 1 fully saturated rings. The van der Waals surface area contributed by atoms with E-state index in [-0.39, 0.29) is 5.91 Å². The zero-order chi connectivity index (χ0) is 15.4. The first-order valence-corrected chi connectivity index (χ1v) is 7.18. The van der Waals surface area contributed by atoms with Crippen LogP contribution in [0.4, 0.5) is 17.2 Å². The Balaban J connectivity index is 1.68. The number of rotatable bonds is 3. The number of hydrogen-bond acceptors (Lipinski definition) is 5. The number of carbonyl (C=O) groups excluding carboxylic acids is 1. The highest BCUT2D eigenvalue weighted by atomic mass is 16.5. The van der Waals surface area contributed by atoms with Crippen molar-refractivity contribution in [1.29, 1.82) is 0 Å². The number of nitrogens with zero attached hydrogens (tertiary/aromatic N) is 2. The van der Waals surface area contributed by atoms with Crippen LogP contribution in [0.5, 0.6) is 0 Å². The van der Waals surface area contributed by atoms with E-state index in [0.29, 0.717) is 30.2 Å². The van der Waals surface area contributed by atoms with Crippen LogP contribution in [0.25, 0.3) is 0 Å². The summed E-state index contributed by atoms with van der Waals surface area (Å²) in [5.41, 5.74) is 7.36. The fraction of sp³-hybridized carbons (Fsp3) is 0.250. The normalized spacial score (nSPS) is 14.6. The van der Waals surface area contributed by atoms with E-state index in [4.69, 9.17) is 10.5 Å². The summed E-state index contributed by atoms with van der Waals surface area (Å²) in [7, 11) is 0. The summed E-state index contributed by atoms with van der Waals surface area (Å²) < 4.78 is 5.32. The van der Waals surface area contributed by atoms with Crippen molar-refractivity contribution in [3.63, 3.8) is 0 Å². The summed E-state index contributed by atoms with van der Waals surface area (Å²) in [6.07, 6.45) is 1.65. The summed E-state index contributed by atoms with van der Waals surface area (Å²) in [4.78, 5) is 18.7. The number of amides is 1. The van der Waals surface area contributed by atoms with Crippen LogP contribution in [0.2, 0.25) is 0 Å². The molecule has 1 amide bonds. The van der Waals surface area contributed by atoms with E-state index in [0.717, 1.165) is 18.9 Å². The number of nitrogens with one attached hydrogen (secondary N) is 1. The van der Waals surface area contributed by atoms with Crippen LogP contribution in [0, 0.1) is 0 Å². The third kappa shape index (κ3) is 3.17. The Kier molecular flexibility index (Phi) is 4.20. The number of anilines is 3. The third-order valence-corrected chi connectivity index (χ3v) is 3.55. The Bertz CT molecular complexity index is 651. The number of nitrogens with two attached hydrogens (primary N) is 1. The Hall–Kier alpha value is -2.60. The standard InChI is InChI=1S/C16H18N4O2/c17-14-4-2-1-3-13(14)16(21)19-12-5-6-15(18-11-12)20-7-9-22-10-8-20/h1-6,11H,7-10,17H2,(H,19,21). The number of aromatic nitrogens is 1. The second kappa shape index (κ2) is 6.44. The lowest BCUT2D eigenvalue weighted by molar-refractivity contribution is 0.102. The van der Waals surface area contributed by atoms with E-state index < -0.39 is 0 Å². The SMILES string of the molecule is Nc1ccccc1C(=O)Nc1ccc(N2CCOCC2)nc1. The highest BCUT2D eigenvalue weighted by molar-refractivity contribution is 6.07. The van der Waals surface area contributed by atoms with Crippen molar-refractivity contribution >= 4 is 23.1 Å². The summed E-state index contributed by atoms with van der Waals surface area (Å²) in [6, 6.07) is 10.7. The molecule has 2 heterocycles. The van der Waals surface area contributed by atoms with E-state index in [9.17, 15) is 4.79 Å². The van der Waals surface area contributed by atoms with Gasteiger partial charge in [-0.2, -0.15) is 0 Å². The number of hydrogen-bond donors (Lipinski definition) is 2. The lowest BCUT2D eigenvalue weighted by Gasteiger charge is -2.27. The molecular formula is C16H18N4O2. The molecule has 1 aromatic carbocycles. The molecule has 0 radical (unpaired) electrons. The number of pyridine rings is 1. The monoisotopic (exact) mass is 298 g/mol. The molecule has 1 aromatic heterocycles. The topological polar surface area (TPSA) is 80.5 Å². The van der Waals surface area contributed by atoms with Crippen LogP contribution < -0.4 is 16.0 Å². The molecule has 2 aromatic rings. The molecule has 22 heavy (non-hydrogen) atoms. The lowest BCUT2D eigenvalue weighted by atomic mass is 10.1. The van der Waals surface area contributed by atoms with Gasteiger partial charge in [-0.3, -0.25) is 4.79 Å². The van der Waals surface area contributed by atoms with Gasteiger partial charge in [0.15, 0.2) is 0 Å². The maximum Gasteiger partial charge on any atom is 0.257 e. The number of nitrogen functional groups attached to an aromatic ring is 1. The summed E-state index contributed by atoms with van der Waals surface area (Å²) in [5, 5.41) is 2.80. The molecule has 1 saturated heterocycles. The van der Waals surface area contributed by atoms with E-state index >= 15 is 0 Å². The van der Waals surface area contributed by atoms with Crippen LogP contribution in [0.3, 0.4) is 0 Å². The highest BCUT2D eigenvalue weighted by Crippen LogP contribution is 2.17. The largest absolute Gasteiger partial charge is 0.398 e. The van der Waals surface area contributed by atoms with Crippen LogP contribution in [-0.4, -0.2) is 37.2 Å². The molecule has 3 N–H and O–H groups in total. The molecule has 3 rings (SSSR count). The van der Waals surface area contributed by atoms with Gasteiger partial charge in [0.2, 0.25) is 0 Å². The fourth-order valence-electron chi connectivity index (χ4n) is 2.34. The van der Waals surface area contributed by atoms with E-state index in [1.54, 1.807) is 30.5 Å². The molecule has 6 heteroatoms. The molecule has 6 nitrogen and oxygen atoms in total. The molecule has 0 saturated carbocycles. The summed E-state index contributed by atoms with van der Waals surface area (Å²) >= 11 is 0. The van der Waals surface area contributed by atoms with E-state index in [1.165, 1.54) is 0 Å². The quantitative estimate of drug-likeness (QED) is 0.844. The average molecular weight is 298 g/mol. The van der Waals surface area contributed by atoms with E-state index in [1.807, 2.05) is 12.1 Å². The zero-order valence-electron chi connectivity index (χ0n) is 12.2. The van der Waals surface area contributed by atoms with Gasteiger partial charge < -0.3 is 20.7 Å². The molecule has 0 bridgehead atoms. The molecule has 0 spiro atoms. The molecule has 0 aliphatic carbocycles. The number of benzene rings is 1. The van der Waals surface area contributed by atoms with Crippen LogP contribution in [0.1, 0.15) is 10.4 Å². The van der Waals surface area contributed by atoms with Gasteiger partial charge >= 0.3 is 0 Å². The predicted molar refractivity (Wildman–Crippen MR) is 86.1 cm³/mol. The highest BCUT2D eigenvalue weighted by Gasteiger charge is 2.13. The second-order valence-corrected chi connectivity index (χ2v) is 5.05. The van der Waals surface area contributed by atoms with Crippen LogP contribution >= 0.6 is 0 Å². The van der Waals surface area contributed by atoms with Gasteiger partial charge in [-0.25, -0.2) is 4.98 Å². The van der Waals surface area contributed by atoms with Crippen molar-refractivity contribution in [2.45, 2.75) is 0 Å². The van der Waals surface area contributed by atoms with Gasteiger partial charge in [-0.15, -0.1) is 0 Å². The van der Waals surface area contributed by atoms with Gasteiger partial charge in [-0.1, -0.05) is 12.1 Å². The van der Waals surface area contributed by atoms with Gasteiger partial charge in [0.1, 0.15) is 5.82 Å². The Labute approximate surface area is 128 Å². The van der Waals surface area contributed by atoms with Crippen molar-refractivity contribution in [1.82, 2.24) is 4.98 Å². The summed E-state index contributed by atoms with van der Waals surface area (Å²) in [6.45, 7) is 3.10. The average Bonchev–Trinajstić information content (AvgIpc) is 2.57. The zero-order valence-corrected chi connectivity index (χ0v) is 12.2. The Morgan fingerprint density at radius 2 is 1.95 bits per heavy atom. The number of ether oxygens (including phenoxy) is 1. The number of para-hydroxylation sites is 1. The van der Waals surface area contributed by atoms with Crippen molar-refractivity contribution in [2.24, 2.45) is 0 Å². The second-order valence-electron chi connectivity index (χ2n) is 5.05. The van der Waals surface area contributed by atoms with Gasteiger partial charge in [0, 0.05) is 18.8 Å². The minimum absolute atomic E-state index is 0.237. The minimum Gasteiger partial charge on any atom is -0.398 e. The third-order valence-electron chi connectivity index (χ3n) is 3.55. The predicted octanol–water partition coefficient (Wildman–Crippen LogP) is 1.75. The smallest absolute Gasteiger partial charge is 0.257 e. The first-order chi connectivity index (χ1) is 10.7. The lowest BCUT2D eigenvalue weighted by Crippen LogP contribution is -2.36.